The van der Waals surface area contributed by atoms with Crippen LogP contribution in [0.5, 0.6) is 0 Å². The molecule has 0 amide bonds. The first-order valence-corrected chi connectivity index (χ1v) is 7.65. The summed E-state index contributed by atoms with van der Waals surface area (Å²) in [4.78, 5) is 0. The molecule has 1 N–H and O–H groups in total. The van der Waals surface area contributed by atoms with Crippen molar-refractivity contribution in [3.63, 3.8) is 0 Å². The Balaban J connectivity index is 1.81. The van der Waals surface area contributed by atoms with Crippen molar-refractivity contribution in [1.29, 1.82) is 0 Å². The normalized spacial score (nSPS) is 20.2. The topological polar surface area (TPSA) is 12.0 Å². The Kier molecular flexibility index (Phi) is 5.38. The lowest BCUT2D eigenvalue weighted by Gasteiger charge is -2.30. The van der Waals surface area contributed by atoms with Crippen molar-refractivity contribution in [1.82, 2.24) is 5.32 Å². The highest BCUT2D eigenvalue weighted by atomic mass is 19.1. The molecule has 1 aliphatic carbocycles. The molecule has 0 saturated heterocycles. The summed E-state index contributed by atoms with van der Waals surface area (Å²) < 4.78 is 13.2. The number of rotatable bonds is 5. The highest BCUT2D eigenvalue weighted by molar-refractivity contribution is 5.17. The number of hydrogen-bond acceptors (Lipinski definition) is 1. The first-order valence-electron chi connectivity index (χ1n) is 7.65. The minimum atomic E-state index is -0.134. The average molecular weight is 263 g/mol. The van der Waals surface area contributed by atoms with E-state index in [1.54, 1.807) is 12.1 Å². The summed E-state index contributed by atoms with van der Waals surface area (Å²) in [5, 5.41) is 3.70. The van der Waals surface area contributed by atoms with Crippen LogP contribution in [0.4, 0.5) is 4.39 Å². The molecule has 0 bridgehead atoms. The third-order valence-corrected chi connectivity index (χ3v) is 4.34. The second-order valence-corrected chi connectivity index (χ2v) is 6.09. The fraction of sp³-hybridized carbons (Fsp3) is 0.647. The van der Waals surface area contributed by atoms with Gasteiger partial charge < -0.3 is 5.32 Å². The van der Waals surface area contributed by atoms with E-state index in [0.717, 1.165) is 17.9 Å². The first kappa shape index (κ1) is 14.5. The van der Waals surface area contributed by atoms with Crippen molar-refractivity contribution in [3.8, 4) is 0 Å². The molecule has 19 heavy (non-hydrogen) atoms. The van der Waals surface area contributed by atoms with E-state index in [4.69, 9.17) is 0 Å². The average Bonchev–Trinajstić information content (AvgIpc) is 2.39. The molecule has 106 valence electrons. The maximum atomic E-state index is 13.2. The standard InChI is InChI=1S/C17H26FN/c1-13(11-15-7-6-10-17(18)12-15)19-14(2)16-8-4-3-5-9-16/h6-7,10,12-14,16,19H,3-5,8-9,11H2,1-2H3. The molecule has 0 heterocycles. The van der Waals surface area contributed by atoms with Gasteiger partial charge in [0.15, 0.2) is 0 Å². The Morgan fingerprint density at radius 3 is 2.63 bits per heavy atom. The molecule has 1 saturated carbocycles. The van der Waals surface area contributed by atoms with Gasteiger partial charge in [0.05, 0.1) is 0 Å². The molecule has 0 radical (unpaired) electrons. The number of benzene rings is 1. The lowest BCUT2D eigenvalue weighted by Crippen LogP contribution is -2.41. The van der Waals surface area contributed by atoms with Crippen molar-refractivity contribution >= 4 is 0 Å². The SMILES string of the molecule is CC(Cc1cccc(F)c1)NC(C)C1CCCCC1. The summed E-state index contributed by atoms with van der Waals surface area (Å²) in [7, 11) is 0. The fourth-order valence-electron chi connectivity index (χ4n) is 3.30. The van der Waals surface area contributed by atoms with Gasteiger partial charge in [0.1, 0.15) is 5.82 Å². The van der Waals surface area contributed by atoms with Crippen molar-refractivity contribution in [2.24, 2.45) is 5.92 Å². The predicted octanol–water partition coefficient (Wildman–Crippen LogP) is 4.32. The van der Waals surface area contributed by atoms with Gasteiger partial charge >= 0.3 is 0 Å². The monoisotopic (exact) mass is 263 g/mol. The van der Waals surface area contributed by atoms with Gasteiger partial charge in [-0.3, -0.25) is 0 Å². The van der Waals surface area contributed by atoms with Crippen LogP contribution in [0.15, 0.2) is 24.3 Å². The van der Waals surface area contributed by atoms with Gasteiger partial charge in [0.2, 0.25) is 0 Å². The highest BCUT2D eigenvalue weighted by Crippen LogP contribution is 2.26. The van der Waals surface area contributed by atoms with Crippen LogP contribution in [0.1, 0.15) is 51.5 Å². The van der Waals surface area contributed by atoms with Crippen LogP contribution in [0.25, 0.3) is 0 Å². The molecule has 0 aliphatic heterocycles. The van der Waals surface area contributed by atoms with Crippen molar-refractivity contribution in [2.75, 3.05) is 0 Å². The van der Waals surface area contributed by atoms with Crippen molar-refractivity contribution in [3.05, 3.63) is 35.6 Å². The Morgan fingerprint density at radius 2 is 1.95 bits per heavy atom. The third-order valence-electron chi connectivity index (χ3n) is 4.34. The number of nitrogens with one attached hydrogen (secondary N) is 1. The van der Waals surface area contributed by atoms with Gasteiger partial charge in [-0.2, -0.15) is 0 Å². The van der Waals surface area contributed by atoms with E-state index in [2.05, 4.69) is 19.2 Å². The Bertz CT molecular complexity index is 385. The summed E-state index contributed by atoms with van der Waals surface area (Å²) >= 11 is 0. The zero-order valence-electron chi connectivity index (χ0n) is 12.2. The molecule has 2 rings (SSSR count). The van der Waals surface area contributed by atoms with Crippen LogP contribution in [0, 0.1) is 11.7 Å². The summed E-state index contributed by atoms with van der Waals surface area (Å²) in [5.74, 6) is 0.689. The quantitative estimate of drug-likeness (QED) is 0.834. The molecule has 2 heteroatoms. The fourth-order valence-corrected chi connectivity index (χ4v) is 3.30. The van der Waals surface area contributed by atoms with E-state index in [0.29, 0.717) is 12.1 Å². The van der Waals surface area contributed by atoms with E-state index in [9.17, 15) is 4.39 Å². The molecular weight excluding hydrogens is 237 g/mol. The van der Waals surface area contributed by atoms with Gasteiger partial charge in [-0.1, -0.05) is 31.4 Å². The first-order chi connectivity index (χ1) is 9.15. The zero-order chi connectivity index (χ0) is 13.7. The molecule has 1 aromatic rings. The van der Waals surface area contributed by atoms with Crippen LogP contribution < -0.4 is 5.32 Å². The Labute approximate surface area is 116 Å². The molecule has 0 spiro atoms. The summed E-state index contributed by atoms with van der Waals surface area (Å²) in [6.07, 6.45) is 7.79. The lowest BCUT2D eigenvalue weighted by molar-refractivity contribution is 0.267. The Morgan fingerprint density at radius 1 is 1.21 bits per heavy atom. The molecule has 0 aromatic heterocycles. The van der Waals surface area contributed by atoms with Crippen LogP contribution in [-0.4, -0.2) is 12.1 Å². The molecule has 1 nitrogen and oxygen atoms in total. The van der Waals surface area contributed by atoms with Gasteiger partial charge in [0.25, 0.3) is 0 Å². The Hall–Kier alpha value is -0.890. The highest BCUT2D eigenvalue weighted by Gasteiger charge is 2.21. The largest absolute Gasteiger partial charge is 0.311 e. The minimum absolute atomic E-state index is 0.134. The van der Waals surface area contributed by atoms with E-state index in [1.165, 1.54) is 38.2 Å². The van der Waals surface area contributed by atoms with E-state index in [1.807, 2.05) is 6.07 Å². The van der Waals surface area contributed by atoms with Gasteiger partial charge in [-0.25, -0.2) is 4.39 Å². The van der Waals surface area contributed by atoms with E-state index < -0.39 is 0 Å². The van der Waals surface area contributed by atoms with Crippen LogP contribution in [0.3, 0.4) is 0 Å². The maximum absolute atomic E-state index is 13.2. The number of halogens is 1. The van der Waals surface area contributed by atoms with E-state index >= 15 is 0 Å². The maximum Gasteiger partial charge on any atom is 0.123 e. The minimum Gasteiger partial charge on any atom is -0.311 e. The molecule has 1 aromatic carbocycles. The van der Waals surface area contributed by atoms with Gasteiger partial charge in [-0.05, 0) is 56.7 Å². The van der Waals surface area contributed by atoms with Crippen LogP contribution in [0.2, 0.25) is 0 Å². The van der Waals surface area contributed by atoms with Crippen LogP contribution >= 0.6 is 0 Å². The second-order valence-electron chi connectivity index (χ2n) is 6.09. The van der Waals surface area contributed by atoms with E-state index in [-0.39, 0.29) is 5.82 Å². The second kappa shape index (κ2) is 7.04. The predicted molar refractivity (Wildman–Crippen MR) is 78.7 cm³/mol. The zero-order valence-corrected chi connectivity index (χ0v) is 12.2. The van der Waals surface area contributed by atoms with Crippen LogP contribution in [-0.2, 0) is 6.42 Å². The van der Waals surface area contributed by atoms with Gasteiger partial charge in [0, 0.05) is 12.1 Å². The van der Waals surface area contributed by atoms with Crippen molar-refractivity contribution < 1.29 is 4.39 Å². The molecule has 2 unspecified atom stereocenters. The molecule has 1 fully saturated rings. The number of hydrogen-bond donors (Lipinski definition) is 1. The van der Waals surface area contributed by atoms with Gasteiger partial charge in [-0.15, -0.1) is 0 Å². The summed E-state index contributed by atoms with van der Waals surface area (Å²) in [5.41, 5.74) is 1.08. The third kappa shape index (κ3) is 4.61. The van der Waals surface area contributed by atoms with Crippen molar-refractivity contribution in [2.45, 2.75) is 64.5 Å². The lowest BCUT2D eigenvalue weighted by atomic mass is 9.84. The summed E-state index contributed by atoms with van der Waals surface area (Å²) in [6, 6.07) is 7.92. The smallest absolute Gasteiger partial charge is 0.123 e. The molecule has 1 aliphatic rings. The molecule has 2 atom stereocenters. The molecular formula is C17H26FN. The summed E-state index contributed by atoms with van der Waals surface area (Å²) in [6.45, 7) is 4.50.